The first-order valence-electron chi connectivity index (χ1n) is 8.51. The second kappa shape index (κ2) is 8.59. The van der Waals surface area contributed by atoms with Crippen LogP contribution in [0.1, 0.15) is 26.3 Å². The number of nitrogens with one attached hydrogen (secondary N) is 2. The maximum Gasteiger partial charge on any atom is 0.270 e. The van der Waals surface area contributed by atoms with Crippen molar-refractivity contribution >= 4 is 23.2 Å². The third kappa shape index (κ3) is 4.79. The Bertz CT molecular complexity index is 1000. The van der Waals surface area contributed by atoms with E-state index in [0.29, 0.717) is 17.8 Å². The van der Waals surface area contributed by atoms with Crippen molar-refractivity contribution in [1.29, 1.82) is 0 Å². The topological polar surface area (TPSA) is 101 Å². The molecular weight excluding hydrogens is 358 g/mol. The smallest absolute Gasteiger partial charge is 0.270 e. The number of non-ortho nitro benzene ring substituents is 1. The van der Waals surface area contributed by atoms with Gasteiger partial charge in [0.05, 0.1) is 4.92 Å². The molecule has 0 fully saturated rings. The third-order valence-electron chi connectivity index (χ3n) is 4.02. The van der Waals surface area contributed by atoms with Crippen molar-refractivity contribution in [3.05, 3.63) is 106 Å². The average molecular weight is 375 g/mol. The summed E-state index contributed by atoms with van der Waals surface area (Å²) < 4.78 is 0. The molecule has 0 saturated heterocycles. The molecule has 0 bridgehead atoms. The van der Waals surface area contributed by atoms with E-state index in [4.69, 9.17) is 0 Å². The van der Waals surface area contributed by atoms with Gasteiger partial charge >= 0.3 is 0 Å². The van der Waals surface area contributed by atoms with Crippen molar-refractivity contribution in [2.24, 2.45) is 0 Å². The Balaban J connectivity index is 1.61. The lowest BCUT2D eigenvalue weighted by Crippen LogP contribution is -2.22. The fraction of sp³-hybridized carbons (Fsp3) is 0.0476. The van der Waals surface area contributed by atoms with Gasteiger partial charge in [-0.2, -0.15) is 0 Å². The highest BCUT2D eigenvalue weighted by atomic mass is 16.6. The second-order valence-electron chi connectivity index (χ2n) is 6.01. The Morgan fingerprint density at radius 2 is 1.54 bits per heavy atom. The molecule has 0 radical (unpaired) electrons. The second-order valence-corrected chi connectivity index (χ2v) is 6.01. The van der Waals surface area contributed by atoms with E-state index in [-0.39, 0.29) is 17.2 Å². The number of anilines is 1. The normalized spacial score (nSPS) is 10.1. The molecule has 0 aliphatic heterocycles. The quantitative estimate of drug-likeness (QED) is 0.506. The summed E-state index contributed by atoms with van der Waals surface area (Å²) >= 11 is 0. The number of nitro benzene ring substituents is 1. The number of carbonyl (C=O) groups excluding carboxylic acids is 2. The minimum absolute atomic E-state index is 0.155. The fourth-order valence-electron chi connectivity index (χ4n) is 2.55. The minimum Gasteiger partial charge on any atom is -0.348 e. The monoisotopic (exact) mass is 375 g/mol. The van der Waals surface area contributed by atoms with Gasteiger partial charge in [-0.1, -0.05) is 36.4 Å². The molecule has 2 N–H and O–H groups in total. The zero-order chi connectivity index (χ0) is 19.9. The summed E-state index contributed by atoms with van der Waals surface area (Å²) in [5, 5.41) is 16.3. The van der Waals surface area contributed by atoms with E-state index in [1.165, 1.54) is 24.3 Å². The molecule has 0 aliphatic rings. The predicted octanol–water partition coefficient (Wildman–Crippen LogP) is 3.78. The molecule has 3 rings (SSSR count). The van der Waals surface area contributed by atoms with Crippen LogP contribution in [0.3, 0.4) is 0 Å². The van der Waals surface area contributed by atoms with Crippen LogP contribution < -0.4 is 10.6 Å². The van der Waals surface area contributed by atoms with Crippen molar-refractivity contribution in [3.8, 4) is 0 Å². The molecule has 3 aromatic rings. The van der Waals surface area contributed by atoms with Gasteiger partial charge in [0.15, 0.2) is 0 Å². The van der Waals surface area contributed by atoms with Crippen LogP contribution in [-0.2, 0) is 6.54 Å². The Labute approximate surface area is 161 Å². The molecule has 0 unspecified atom stereocenters. The van der Waals surface area contributed by atoms with E-state index in [1.54, 1.807) is 24.3 Å². The number of benzene rings is 3. The van der Waals surface area contributed by atoms with Crippen molar-refractivity contribution < 1.29 is 14.5 Å². The number of rotatable bonds is 6. The number of hydrogen-bond acceptors (Lipinski definition) is 4. The standard InChI is InChI=1S/C21H17N3O4/c25-20(22-14-15-5-2-1-3-6-15)16-9-11-18(12-10-16)23-21(26)17-7-4-8-19(13-17)24(27)28/h1-13H,14H2,(H,22,25)(H,23,26). The van der Waals surface area contributed by atoms with E-state index in [1.807, 2.05) is 30.3 Å². The molecule has 0 saturated carbocycles. The summed E-state index contributed by atoms with van der Waals surface area (Å²) in [6.07, 6.45) is 0. The lowest BCUT2D eigenvalue weighted by molar-refractivity contribution is -0.384. The number of hydrogen-bond donors (Lipinski definition) is 2. The highest BCUT2D eigenvalue weighted by Gasteiger charge is 2.12. The van der Waals surface area contributed by atoms with Crippen molar-refractivity contribution in [2.75, 3.05) is 5.32 Å². The Morgan fingerprint density at radius 3 is 2.21 bits per heavy atom. The maximum absolute atomic E-state index is 12.3. The van der Waals surface area contributed by atoms with E-state index >= 15 is 0 Å². The average Bonchev–Trinajstić information content (AvgIpc) is 2.73. The number of carbonyl (C=O) groups is 2. The number of nitro groups is 1. The largest absolute Gasteiger partial charge is 0.348 e. The molecule has 0 aliphatic carbocycles. The van der Waals surface area contributed by atoms with E-state index < -0.39 is 10.8 Å². The summed E-state index contributed by atoms with van der Waals surface area (Å²) in [5.41, 5.74) is 1.97. The highest BCUT2D eigenvalue weighted by Crippen LogP contribution is 2.16. The molecule has 7 nitrogen and oxygen atoms in total. The summed E-state index contributed by atoms with van der Waals surface area (Å²) in [5.74, 6) is -0.689. The molecule has 0 atom stereocenters. The van der Waals surface area contributed by atoms with Gasteiger partial charge in [-0.15, -0.1) is 0 Å². The zero-order valence-corrected chi connectivity index (χ0v) is 14.8. The first kappa shape index (κ1) is 18.8. The van der Waals surface area contributed by atoms with Crippen LogP contribution in [0.5, 0.6) is 0 Å². The number of nitrogens with zero attached hydrogens (tertiary/aromatic N) is 1. The van der Waals surface area contributed by atoms with Crippen LogP contribution in [0.4, 0.5) is 11.4 Å². The van der Waals surface area contributed by atoms with Crippen molar-refractivity contribution in [1.82, 2.24) is 5.32 Å². The first-order chi connectivity index (χ1) is 13.5. The van der Waals surface area contributed by atoms with Gasteiger partial charge in [0.2, 0.25) is 0 Å². The van der Waals surface area contributed by atoms with Crippen LogP contribution in [0.2, 0.25) is 0 Å². The molecule has 0 heterocycles. The third-order valence-corrected chi connectivity index (χ3v) is 4.02. The molecule has 3 aromatic carbocycles. The first-order valence-corrected chi connectivity index (χ1v) is 8.51. The number of amides is 2. The lowest BCUT2D eigenvalue weighted by atomic mass is 10.1. The molecule has 28 heavy (non-hydrogen) atoms. The van der Waals surface area contributed by atoms with Gasteiger partial charge < -0.3 is 10.6 Å². The van der Waals surface area contributed by atoms with Gasteiger partial charge in [0.1, 0.15) is 0 Å². The van der Waals surface area contributed by atoms with Crippen LogP contribution in [0.15, 0.2) is 78.9 Å². The van der Waals surface area contributed by atoms with Gasteiger partial charge in [-0.25, -0.2) is 0 Å². The van der Waals surface area contributed by atoms with Gasteiger partial charge in [-0.3, -0.25) is 19.7 Å². The van der Waals surface area contributed by atoms with Crippen LogP contribution in [0, 0.1) is 10.1 Å². The Kier molecular flexibility index (Phi) is 5.76. The van der Waals surface area contributed by atoms with Crippen molar-refractivity contribution in [2.45, 2.75) is 6.54 Å². The van der Waals surface area contributed by atoms with Crippen LogP contribution >= 0.6 is 0 Å². The summed E-state index contributed by atoms with van der Waals surface area (Å²) in [6.45, 7) is 0.422. The SMILES string of the molecule is O=C(NCc1ccccc1)c1ccc(NC(=O)c2cccc([N+](=O)[O-])c2)cc1. The predicted molar refractivity (Wildman–Crippen MR) is 105 cm³/mol. The summed E-state index contributed by atoms with van der Waals surface area (Å²) in [7, 11) is 0. The van der Waals surface area contributed by atoms with Gasteiger partial charge in [0, 0.05) is 35.5 Å². The zero-order valence-electron chi connectivity index (χ0n) is 14.8. The van der Waals surface area contributed by atoms with E-state index in [2.05, 4.69) is 10.6 Å². The molecule has 0 spiro atoms. The lowest BCUT2D eigenvalue weighted by Gasteiger charge is -2.08. The molecule has 0 aromatic heterocycles. The van der Waals surface area contributed by atoms with Crippen LogP contribution in [0.25, 0.3) is 0 Å². The molecule has 140 valence electrons. The summed E-state index contributed by atoms with van der Waals surface area (Å²) in [4.78, 5) is 34.7. The molecular formula is C21H17N3O4. The molecule has 2 amide bonds. The fourth-order valence-corrected chi connectivity index (χ4v) is 2.55. The summed E-state index contributed by atoms with van der Waals surface area (Å²) in [6, 6.07) is 21.4. The van der Waals surface area contributed by atoms with E-state index in [0.717, 1.165) is 5.56 Å². The molecule has 7 heteroatoms. The Hall–Kier alpha value is -4.00. The van der Waals surface area contributed by atoms with Gasteiger partial charge in [-0.05, 0) is 35.9 Å². The van der Waals surface area contributed by atoms with E-state index in [9.17, 15) is 19.7 Å². The minimum atomic E-state index is -0.556. The van der Waals surface area contributed by atoms with Gasteiger partial charge in [0.25, 0.3) is 17.5 Å². The highest BCUT2D eigenvalue weighted by molar-refractivity contribution is 6.05. The van der Waals surface area contributed by atoms with Crippen LogP contribution in [-0.4, -0.2) is 16.7 Å². The maximum atomic E-state index is 12.3. The van der Waals surface area contributed by atoms with Crippen molar-refractivity contribution in [3.63, 3.8) is 0 Å². The Morgan fingerprint density at radius 1 is 0.821 bits per heavy atom.